The molecule has 0 aliphatic rings. The number of amides is 1. The second kappa shape index (κ2) is 10.0. The highest BCUT2D eigenvalue weighted by molar-refractivity contribution is 6.01. The van der Waals surface area contributed by atoms with E-state index in [9.17, 15) is 14.4 Å². The second-order valence-corrected chi connectivity index (χ2v) is 6.43. The number of rotatable bonds is 7. The van der Waals surface area contributed by atoms with E-state index in [-0.39, 0.29) is 18.1 Å². The fourth-order valence-electron chi connectivity index (χ4n) is 2.68. The minimum atomic E-state index is -0.570. The molecule has 0 atom stereocenters. The van der Waals surface area contributed by atoms with E-state index in [4.69, 9.17) is 9.47 Å². The molecule has 0 aromatic heterocycles. The first kappa shape index (κ1) is 20.8. The van der Waals surface area contributed by atoms with Crippen LogP contribution >= 0.6 is 0 Å². The molecule has 3 aromatic rings. The van der Waals surface area contributed by atoms with Crippen molar-refractivity contribution in [3.63, 3.8) is 0 Å². The fourth-order valence-corrected chi connectivity index (χ4v) is 2.68. The number of anilines is 1. The van der Waals surface area contributed by atoms with Crippen molar-refractivity contribution >= 4 is 23.5 Å². The van der Waals surface area contributed by atoms with Gasteiger partial charge in [0.2, 0.25) is 5.91 Å². The highest BCUT2D eigenvalue weighted by Crippen LogP contribution is 2.18. The van der Waals surface area contributed by atoms with Gasteiger partial charge in [0, 0.05) is 6.42 Å². The fraction of sp³-hybridized carbons (Fsp3) is 0.125. The molecular weight excluding hydrogens is 382 g/mol. The maximum absolute atomic E-state index is 12.5. The summed E-state index contributed by atoms with van der Waals surface area (Å²) in [4.78, 5) is 36.5. The number of carbonyl (C=O) groups is 3. The monoisotopic (exact) mass is 403 g/mol. The molecule has 30 heavy (non-hydrogen) atoms. The van der Waals surface area contributed by atoms with Crippen LogP contribution < -0.4 is 10.1 Å². The maximum atomic E-state index is 12.5. The van der Waals surface area contributed by atoms with E-state index in [1.807, 2.05) is 6.07 Å². The lowest BCUT2D eigenvalue weighted by Gasteiger charge is -2.11. The summed E-state index contributed by atoms with van der Waals surface area (Å²) in [5, 5.41) is 2.69. The SMILES string of the molecule is CCC(=O)Nc1ccccc1C(=O)OCc1cccc(C(=O)Oc2ccccc2)c1. The number of hydrogen-bond donors (Lipinski definition) is 1. The van der Waals surface area contributed by atoms with Crippen molar-refractivity contribution in [2.45, 2.75) is 20.0 Å². The largest absolute Gasteiger partial charge is 0.457 e. The molecule has 3 rings (SSSR count). The Morgan fingerprint density at radius 1 is 0.833 bits per heavy atom. The Balaban J connectivity index is 1.65. The van der Waals surface area contributed by atoms with E-state index >= 15 is 0 Å². The van der Waals surface area contributed by atoms with Crippen LogP contribution in [0.1, 0.15) is 39.6 Å². The second-order valence-electron chi connectivity index (χ2n) is 6.43. The first-order valence-corrected chi connectivity index (χ1v) is 9.49. The first-order valence-electron chi connectivity index (χ1n) is 9.49. The van der Waals surface area contributed by atoms with Gasteiger partial charge in [0.1, 0.15) is 12.4 Å². The summed E-state index contributed by atoms with van der Waals surface area (Å²) >= 11 is 0. The Morgan fingerprint density at radius 2 is 1.57 bits per heavy atom. The third kappa shape index (κ3) is 5.54. The van der Waals surface area contributed by atoms with Crippen LogP contribution in [0.2, 0.25) is 0 Å². The van der Waals surface area contributed by atoms with Crippen LogP contribution in [0.4, 0.5) is 5.69 Å². The Hall–Kier alpha value is -3.93. The molecule has 3 aromatic carbocycles. The third-order valence-corrected chi connectivity index (χ3v) is 4.23. The first-order chi connectivity index (χ1) is 14.6. The molecule has 1 amide bonds. The van der Waals surface area contributed by atoms with E-state index < -0.39 is 11.9 Å². The van der Waals surface area contributed by atoms with Crippen molar-refractivity contribution < 1.29 is 23.9 Å². The van der Waals surface area contributed by atoms with Gasteiger partial charge in [-0.2, -0.15) is 0 Å². The molecule has 0 aliphatic carbocycles. The topological polar surface area (TPSA) is 81.7 Å². The van der Waals surface area contributed by atoms with Gasteiger partial charge >= 0.3 is 11.9 Å². The lowest BCUT2D eigenvalue weighted by molar-refractivity contribution is -0.115. The Bertz CT molecular complexity index is 1050. The number of esters is 2. The number of benzene rings is 3. The van der Waals surface area contributed by atoms with Crippen LogP contribution in [0.3, 0.4) is 0 Å². The summed E-state index contributed by atoms with van der Waals surface area (Å²) in [5.41, 5.74) is 1.65. The molecule has 0 saturated heterocycles. The average Bonchev–Trinajstić information content (AvgIpc) is 2.78. The summed E-state index contributed by atoms with van der Waals surface area (Å²) in [6.07, 6.45) is 0.301. The van der Waals surface area contributed by atoms with E-state index in [2.05, 4.69) is 5.32 Å². The number of carbonyl (C=O) groups excluding carboxylic acids is 3. The third-order valence-electron chi connectivity index (χ3n) is 4.23. The zero-order valence-corrected chi connectivity index (χ0v) is 16.5. The van der Waals surface area contributed by atoms with Gasteiger partial charge in [0.05, 0.1) is 16.8 Å². The summed E-state index contributed by atoms with van der Waals surface area (Å²) in [7, 11) is 0. The van der Waals surface area contributed by atoms with Crippen LogP contribution in [-0.2, 0) is 16.1 Å². The Morgan fingerprint density at radius 3 is 2.33 bits per heavy atom. The standard InChI is InChI=1S/C24H21NO5/c1-2-22(26)25-21-14-7-6-13-20(21)24(28)29-16-17-9-8-10-18(15-17)23(27)30-19-11-4-3-5-12-19/h3-15H,2,16H2,1H3,(H,25,26). The van der Waals surface area contributed by atoms with Gasteiger partial charge in [-0.15, -0.1) is 0 Å². The molecule has 0 radical (unpaired) electrons. The normalized spacial score (nSPS) is 10.2. The minimum Gasteiger partial charge on any atom is -0.457 e. The van der Waals surface area contributed by atoms with Gasteiger partial charge in [-0.3, -0.25) is 4.79 Å². The van der Waals surface area contributed by atoms with Gasteiger partial charge < -0.3 is 14.8 Å². The van der Waals surface area contributed by atoms with Crippen LogP contribution in [0, 0.1) is 0 Å². The maximum Gasteiger partial charge on any atom is 0.343 e. The van der Waals surface area contributed by atoms with Crippen LogP contribution in [0.15, 0.2) is 78.9 Å². The van der Waals surface area contributed by atoms with Crippen LogP contribution in [-0.4, -0.2) is 17.8 Å². The van der Waals surface area contributed by atoms with Crippen molar-refractivity contribution in [3.8, 4) is 5.75 Å². The van der Waals surface area contributed by atoms with Crippen LogP contribution in [0.25, 0.3) is 0 Å². The van der Waals surface area contributed by atoms with Crippen molar-refractivity contribution in [1.29, 1.82) is 0 Å². The molecule has 152 valence electrons. The highest BCUT2D eigenvalue weighted by atomic mass is 16.5. The summed E-state index contributed by atoms with van der Waals surface area (Å²) in [5.74, 6) is -0.814. The number of nitrogens with one attached hydrogen (secondary N) is 1. The van der Waals surface area contributed by atoms with Gasteiger partial charge in [0.25, 0.3) is 0 Å². The van der Waals surface area contributed by atoms with Gasteiger partial charge in [0.15, 0.2) is 0 Å². The smallest absolute Gasteiger partial charge is 0.343 e. The summed E-state index contributed by atoms with van der Waals surface area (Å²) in [6, 6.07) is 22.1. The molecule has 0 unspecified atom stereocenters. The van der Waals surface area contributed by atoms with E-state index in [0.29, 0.717) is 29.0 Å². The molecule has 1 N–H and O–H groups in total. The van der Waals surface area contributed by atoms with Crippen molar-refractivity contribution in [2.75, 3.05) is 5.32 Å². The van der Waals surface area contributed by atoms with Gasteiger partial charge in [-0.1, -0.05) is 49.4 Å². The zero-order valence-electron chi connectivity index (χ0n) is 16.5. The molecule has 0 saturated carbocycles. The quantitative estimate of drug-likeness (QED) is 0.460. The molecule has 0 fully saturated rings. The summed E-state index contributed by atoms with van der Waals surface area (Å²) < 4.78 is 10.7. The van der Waals surface area contributed by atoms with Crippen molar-refractivity contribution in [1.82, 2.24) is 0 Å². The van der Waals surface area contributed by atoms with E-state index in [1.165, 1.54) is 0 Å². The lowest BCUT2D eigenvalue weighted by atomic mass is 10.1. The number of para-hydroxylation sites is 2. The van der Waals surface area contributed by atoms with Crippen LogP contribution in [0.5, 0.6) is 5.75 Å². The zero-order chi connectivity index (χ0) is 21.3. The molecule has 0 bridgehead atoms. The molecule has 0 spiro atoms. The van der Waals surface area contributed by atoms with Crippen molar-refractivity contribution in [3.05, 3.63) is 95.6 Å². The lowest BCUT2D eigenvalue weighted by Crippen LogP contribution is -2.14. The van der Waals surface area contributed by atoms with E-state index in [1.54, 1.807) is 79.7 Å². The molecular formula is C24H21NO5. The molecule has 0 aliphatic heterocycles. The minimum absolute atomic E-state index is 0.0264. The van der Waals surface area contributed by atoms with Crippen molar-refractivity contribution in [2.24, 2.45) is 0 Å². The Kier molecular flexibility index (Phi) is 6.95. The number of hydrogen-bond acceptors (Lipinski definition) is 5. The molecule has 0 heterocycles. The summed E-state index contributed by atoms with van der Waals surface area (Å²) in [6.45, 7) is 1.70. The molecule has 6 heteroatoms. The van der Waals surface area contributed by atoms with Gasteiger partial charge in [-0.05, 0) is 42.0 Å². The predicted molar refractivity (Wildman–Crippen MR) is 112 cm³/mol. The number of ether oxygens (including phenoxy) is 2. The average molecular weight is 403 g/mol. The van der Waals surface area contributed by atoms with Gasteiger partial charge in [-0.25, -0.2) is 9.59 Å². The van der Waals surface area contributed by atoms with E-state index in [0.717, 1.165) is 0 Å². The highest BCUT2D eigenvalue weighted by Gasteiger charge is 2.15. The predicted octanol–water partition coefficient (Wildman–Crippen LogP) is 4.61. The Labute approximate surface area is 174 Å². The molecule has 6 nitrogen and oxygen atoms in total.